The van der Waals surface area contributed by atoms with Crippen LogP contribution >= 0.6 is 0 Å². The van der Waals surface area contributed by atoms with Gasteiger partial charge in [0.25, 0.3) is 0 Å². The lowest BCUT2D eigenvalue weighted by Crippen LogP contribution is -2.23. The normalized spacial score (nSPS) is 10.7. The molecule has 0 atom stereocenters. The summed E-state index contributed by atoms with van der Waals surface area (Å²) in [6, 6.07) is 13.8. The van der Waals surface area contributed by atoms with Crippen molar-refractivity contribution in [2.24, 2.45) is 0 Å². The van der Waals surface area contributed by atoms with Gasteiger partial charge in [0.05, 0.1) is 5.56 Å². The summed E-state index contributed by atoms with van der Waals surface area (Å²) in [7, 11) is 0. The van der Waals surface area contributed by atoms with Crippen LogP contribution in [0.4, 0.5) is 30.7 Å². The fraction of sp³-hybridized carbons (Fsp3) is 0.0638. The van der Waals surface area contributed by atoms with Crippen molar-refractivity contribution >= 4 is 35.8 Å². The molecular formula is C47H29F7O12. The molecule has 0 aromatic heterocycles. The number of alkyl halides is 6. The van der Waals surface area contributed by atoms with Crippen LogP contribution < -0.4 is 28.4 Å². The Hall–Kier alpha value is -8.79. The highest BCUT2D eigenvalue weighted by Gasteiger charge is 2.39. The highest BCUT2D eigenvalue weighted by atomic mass is 19.4. The number of hydrogen-bond acceptors (Lipinski definition) is 12. The van der Waals surface area contributed by atoms with Gasteiger partial charge in [0.15, 0.2) is 11.5 Å². The highest BCUT2D eigenvalue weighted by Crippen LogP contribution is 2.41. The Morgan fingerprint density at radius 3 is 1.55 bits per heavy atom. The lowest BCUT2D eigenvalue weighted by atomic mass is 10.0. The summed E-state index contributed by atoms with van der Waals surface area (Å²) in [6.45, 7) is 19.6. The van der Waals surface area contributed by atoms with Gasteiger partial charge in [0, 0.05) is 40.5 Å². The summed E-state index contributed by atoms with van der Waals surface area (Å²) >= 11 is 0. The third kappa shape index (κ3) is 12.9. The van der Waals surface area contributed by atoms with Crippen molar-refractivity contribution in [1.29, 1.82) is 0 Å². The van der Waals surface area contributed by atoms with Crippen molar-refractivity contribution in [1.82, 2.24) is 0 Å². The molecule has 66 heavy (non-hydrogen) atoms. The molecule has 4 rings (SSSR count). The molecule has 338 valence electrons. The Bertz CT molecular complexity index is 2840. The number of carbonyl (C=O) groups is 6. The van der Waals surface area contributed by atoms with Crippen LogP contribution in [0.3, 0.4) is 0 Å². The molecule has 0 unspecified atom stereocenters. The monoisotopic (exact) mass is 918 g/mol. The van der Waals surface area contributed by atoms with Crippen LogP contribution in [0.1, 0.15) is 18.1 Å². The topological polar surface area (TPSA) is 158 Å². The van der Waals surface area contributed by atoms with E-state index < -0.39 is 88.1 Å². The first-order chi connectivity index (χ1) is 30.8. The van der Waals surface area contributed by atoms with Gasteiger partial charge in [-0.1, -0.05) is 63.4 Å². The number of rotatable bonds is 14. The Kier molecular flexibility index (Phi) is 15.6. The SMILES string of the molecule is C=CC(=O)Oc1ccc(-c2ccc(C#Cc3ccc(-c4ccc(OC(=O)C=C)c(OC(=O)C(=C)C(F)(F)F)c4)cc3OC(=O)C(=C)F)cc2OC(=O)C(=C)C(F)(F)F)c(OC(=O)C(=C)C)c1. The lowest BCUT2D eigenvalue weighted by Gasteiger charge is -2.16. The van der Waals surface area contributed by atoms with E-state index in [-0.39, 0.29) is 50.5 Å². The zero-order valence-electron chi connectivity index (χ0n) is 33.9. The molecule has 0 heterocycles. The van der Waals surface area contributed by atoms with E-state index in [4.69, 9.17) is 28.4 Å². The molecule has 19 heteroatoms. The van der Waals surface area contributed by atoms with Crippen molar-refractivity contribution in [3.63, 3.8) is 0 Å². The van der Waals surface area contributed by atoms with Crippen LogP contribution in [-0.4, -0.2) is 48.2 Å². The van der Waals surface area contributed by atoms with Gasteiger partial charge in [-0.3, -0.25) is 0 Å². The average molecular weight is 919 g/mol. The summed E-state index contributed by atoms with van der Waals surface area (Å²) in [4.78, 5) is 73.9. The van der Waals surface area contributed by atoms with Crippen molar-refractivity contribution in [2.45, 2.75) is 19.3 Å². The molecule has 0 N–H and O–H groups in total. The molecule has 0 saturated carbocycles. The molecule has 0 amide bonds. The zero-order chi connectivity index (χ0) is 49.3. The largest absolute Gasteiger partial charge is 0.423 e. The van der Waals surface area contributed by atoms with Crippen molar-refractivity contribution in [3.8, 4) is 68.6 Å². The number of ether oxygens (including phenoxy) is 6. The van der Waals surface area contributed by atoms with E-state index >= 15 is 0 Å². The van der Waals surface area contributed by atoms with Gasteiger partial charge < -0.3 is 28.4 Å². The first-order valence-electron chi connectivity index (χ1n) is 18.0. The van der Waals surface area contributed by atoms with Gasteiger partial charge in [-0.05, 0) is 72.6 Å². The summed E-state index contributed by atoms with van der Waals surface area (Å²) in [5, 5.41) is 0. The molecule has 0 spiro atoms. The smallest absolute Gasteiger partial charge is 0.422 e. The predicted molar refractivity (Wildman–Crippen MR) is 219 cm³/mol. The Labute approximate surface area is 369 Å². The molecule has 12 nitrogen and oxygen atoms in total. The Morgan fingerprint density at radius 1 is 0.515 bits per heavy atom. The maximum atomic E-state index is 13.9. The average Bonchev–Trinajstić information content (AvgIpc) is 3.25. The van der Waals surface area contributed by atoms with Gasteiger partial charge in [-0.2, -0.15) is 30.7 Å². The van der Waals surface area contributed by atoms with E-state index in [1.807, 2.05) is 0 Å². The number of esters is 6. The first-order valence-corrected chi connectivity index (χ1v) is 18.0. The van der Waals surface area contributed by atoms with Gasteiger partial charge >= 0.3 is 48.2 Å². The molecule has 0 aliphatic heterocycles. The van der Waals surface area contributed by atoms with Crippen LogP contribution in [0.5, 0.6) is 34.5 Å². The predicted octanol–water partition coefficient (Wildman–Crippen LogP) is 9.52. The molecule has 0 aliphatic carbocycles. The quantitative estimate of drug-likeness (QED) is 0.0389. The first kappa shape index (κ1) is 49.9. The number of carbonyl (C=O) groups excluding carboxylic acids is 6. The van der Waals surface area contributed by atoms with Crippen LogP contribution in [0, 0.1) is 11.8 Å². The summed E-state index contributed by atoms with van der Waals surface area (Å²) < 4.78 is 125. The minimum atomic E-state index is -5.23. The van der Waals surface area contributed by atoms with E-state index in [9.17, 15) is 59.5 Å². The maximum Gasteiger partial charge on any atom is 0.422 e. The molecule has 4 aromatic carbocycles. The van der Waals surface area contributed by atoms with Crippen molar-refractivity contribution < 1.29 is 87.9 Å². The molecule has 0 aliphatic rings. The molecule has 0 saturated heterocycles. The van der Waals surface area contributed by atoms with Gasteiger partial charge in [0.1, 0.15) is 34.1 Å². The van der Waals surface area contributed by atoms with Crippen LogP contribution in [-0.2, 0) is 28.8 Å². The summed E-state index contributed by atoms with van der Waals surface area (Å²) in [6.07, 6.45) is -8.87. The molecule has 0 radical (unpaired) electrons. The molecular weight excluding hydrogens is 889 g/mol. The van der Waals surface area contributed by atoms with Gasteiger partial charge in [-0.25, -0.2) is 28.8 Å². The molecule has 4 aromatic rings. The third-order valence-electron chi connectivity index (χ3n) is 8.15. The van der Waals surface area contributed by atoms with E-state index in [1.54, 1.807) is 0 Å². The molecule has 0 fully saturated rings. The van der Waals surface area contributed by atoms with Crippen LogP contribution in [0.2, 0.25) is 0 Å². The van der Waals surface area contributed by atoms with Crippen molar-refractivity contribution in [2.75, 3.05) is 0 Å². The Morgan fingerprint density at radius 2 is 1.00 bits per heavy atom. The minimum absolute atomic E-state index is 0.0207. The van der Waals surface area contributed by atoms with Crippen LogP contribution in [0.15, 0.2) is 147 Å². The van der Waals surface area contributed by atoms with Crippen LogP contribution in [0.25, 0.3) is 22.3 Å². The second-order valence-electron chi connectivity index (χ2n) is 12.9. The standard InChI is InChI=1S/C47H29F7O12/c1-8-40(55)61-32-16-18-34(38(23-32)64-42(57)24(3)4)33-17-11-28(20-37(33)65-43(58)25(5)46(49,50)51)10-12-29-13-14-30(21-36(29)63-45(60)27(7)48)31-15-19-35(62-41(56)9-2)39(22-31)66-44(59)26(6)47(52,53)54/h8-9,11,13-23H,1-3,5-7H2,4H3. The van der Waals surface area contributed by atoms with E-state index in [0.717, 1.165) is 36.4 Å². The third-order valence-corrected chi connectivity index (χ3v) is 8.15. The second kappa shape index (κ2) is 20.6. The molecule has 0 bridgehead atoms. The fourth-order valence-corrected chi connectivity index (χ4v) is 4.87. The number of hydrogen-bond donors (Lipinski definition) is 0. The highest BCUT2D eigenvalue weighted by molar-refractivity contribution is 5.95. The lowest BCUT2D eigenvalue weighted by molar-refractivity contribution is -0.144. The van der Waals surface area contributed by atoms with Crippen molar-refractivity contribution in [3.05, 3.63) is 158 Å². The second-order valence-corrected chi connectivity index (χ2v) is 12.9. The van der Waals surface area contributed by atoms with E-state index in [0.29, 0.717) is 6.08 Å². The minimum Gasteiger partial charge on any atom is -0.423 e. The zero-order valence-corrected chi connectivity index (χ0v) is 33.9. The van der Waals surface area contributed by atoms with Gasteiger partial charge in [0.2, 0.25) is 5.83 Å². The Balaban J connectivity index is 1.88. The number of halogens is 7. The summed E-state index contributed by atoms with van der Waals surface area (Å²) in [5.74, 6) is -7.59. The number of benzene rings is 4. The van der Waals surface area contributed by atoms with E-state index in [2.05, 4.69) is 51.3 Å². The fourth-order valence-electron chi connectivity index (χ4n) is 4.87. The van der Waals surface area contributed by atoms with E-state index in [1.165, 1.54) is 49.4 Å². The maximum absolute atomic E-state index is 13.9. The van der Waals surface area contributed by atoms with Gasteiger partial charge in [-0.15, -0.1) is 0 Å². The summed E-state index contributed by atoms with van der Waals surface area (Å²) in [5.41, 5.74) is -4.35.